The largest absolute Gasteiger partial charge is 0.261 e. The Hall–Kier alpha value is -2.07. The first-order valence-electron chi connectivity index (χ1n) is 5.19. The molecule has 2 heterocycles. The lowest BCUT2D eigenvalue weighted by atomic mass is 10.0. The van der Waals surface area contributed by atoms with E-state index in [2.05, 4.69) is 27.1 Å². The number of rotatable bonds is 2. The van der Waals surface area contributed by atoms with Crippen molar-refractivity contribution in [2.45, 2.75) is 0 Å². The number of thiazole rings is 1. The molecule has 0 amide bonds. The third-order valence-electron chi connectivity index (χ3n) is 2.46. The first-order chi connectivity index (χ1) is 8.45. The monoisotopic (exact) mass is 239 g/mol. The summed E-state index contributed by atoms with van der Waals surface area (Å²) in [5.41, 5.74) is 4.96. The minimum Gasteiger partial charge on any atom is -0.261 e. The summed E-state index contributed by atoms with van der Waals surface area (Å²) in [6.45, 7) is 0. The summed E-state index contributed by atoms with van der Waals surface area (Å²) in [5.74, 6) is 0. The Bertz CT molecular complexity index is 606. The molecule has 0 saturated heterocycles. The summed E-state index contributed by atoms with van der Waals surface area (Å²) in [5, 5.41) is 0. The van der Waals surface area contributed by atoms with E-state index in [1.807, 2.05) is 23.8 Å². The van der Waals surface area contributed by atoms with Crippen molar-refractivity contribution in [1.82, 2.24) is 15.0 Å². The maximum atomic E-state index is 4.34. The van der Waals surface area contributed by atoms with Gasteiger partial charge in [-0.15, -0.1) is 11.3 Å². The minimum atomic E-state index is 0.886. The molecule has 1 aromatic carbocycles. The molecule has 0 N–H and O–H groups in total. The van der Waals surface area contributed by atoms with Crippen LogP contribution in [-0.4, -0.2) is 15.0 Å². The van der Waals surface area contributed by atoms with E-state index in [-0.39, 0.29) is 0 Å². The molecule has 0 aliphatic carbocycles. The van der Waals surface area contributed by atoms with Crippen LogP contribution < -0.4 is 0 Å². The summed E-state index contributed by atoms with van der Waals surface area (Å²) in [7, 11) is 0. The van der Waals surface area contributed by atoms with Gasteiger partial charge in [0, 0.05) is 29.7 Å². The van der Waals surface area contributed by atoms with Gasteiger partial charge in [0.05, 0.1) is 22.3 Å². The number of hydrogen-bond acceptors (Lipinski definition) is 4. The second-order valence-corrected chi connectivity index (χ2v) is 4.39. The molecule has 0 fully saturated rings. The van der Waals surface area contributed by atoms with E-state index in [9.17, 15) is 0 Å². The van der Waals surface area contributed by atoms with Crippen LogP contribution in [-0.2, 0) is 0 Å². The predicted molar refractivity (Wildman–Crippen MR) is 68.6 cm³/mol. The quantitative estimate of drug-likeness (QED) is 0.689. The van der Waals surface area contributed by atoms with Gasteiger partial charge >= 0.3 is 0 Å². The lowest BCUT2D eigenvalue weighted by Crippen LogP contribution is -1.87. The van der Waals surface area contributed by atoms with Crippen LogP contribution in [0.5, 0.6) is 0 Å². The van der Waals surface area contributed by atoms with Gasteiger partial charge in [0.1, 0.15) is 0 Å². The molecule has 3 nitrogen and oxygen atoms in total. The Morgan fingerprint density at radius 3 is 2.47 bits per heavy atom. The van der Waals surface area contributed by atoms with Crippen molar-refractivity contribution in [3.63, 3.8) is 0 Å². The highest BCUT2D eigenvalue weighted by Gasteiger charge is 2.08. The average molecular weight is 239 g/mol. The second kappa shape index (κ2) is 4.43. The van der Waals surface area contributed by atoms with E-state index in [1.54, 1.807) is 29.9 Å². The van der Waals surface area contributed by atoms with Crippen molar-refractivity contribution in [3.05, 3.63) is 54.6 Å². The summed E-state index contributed by atoms with van der Waals surface area (Å²) in [4.78, 5) is 13.7. The normalized spacial score (nSPS) is 10.4. The van der Waals surface area contributed by atoms with Gasteiger partial charge < -0.3 is 0 Å². The third kappa shape index (κ3) is 1.94. The topological polar surface area (TPSA) is 38.7 Å². The third-order valence-corrected chi connectivity index (χ3v) is 3.27. The molecule has 3 aromatic rings. The van der Waals surface area contributed by atoms with Crippen LogP contribution in [0, 0.1) is 0 Å². The zero-order valence-electron chi connectivity index (χ0n) is 8.95. The SMILES string of the molecule is c1ccc(-c2cncs2)c(-c2cnccn2)c1. The van der Waals surface area contributed by atoms with E-state index in [4.69, 9.17) is 0 Å². The first-order valence-corrected chi connectivity index (χ1v) is 6.07. The molecule has 0 saturated carbocycles. The molecule has 0 bridgehead atoms. The fraction of sp³-hybridized carbons (Fsp3) is 0. The smallest absolute Gasteiger partial charge is 0.0891 e. The molecule has 0 atom stereocenters. The summed E-state index contributed by atoms with van der Waals surface area (Å²) in [6.07, 6.45) is 7.04. The molecular weight excluding hydrogens is 230 g/mol. The lowest BCUT2D eigenvalue weighted by molar-refractivity contribution is 1.21. The Morgan fingerprint density at radius 2 is 1.76 bits per heavy atom. The summed E-state index contributed by atoms with van der Waals surface area (Å²) >= 11 is 1.63. The Labute approximate surface area is 103 Å². The number of aromatic nitrogens is 3. The van der Waals surface area contributed by atoms with Crippen molar-refractivity contribution in [2.75, 3.05) is 0 Å². The number of benzene rings is 1. The van der Waals surface area contributed by atoms with Crippen LogP contribution >= 0.6 is 11.3 Å². The van der Waals surface area contributed by atoms with Crippen LogP contribution in [0.2, 0.25) is 0 Å². The molecule has 0 aliphatic heterocycles. The Kier molecular flexibility index (Phi) is 2.63. The molecule has 0 spiro atoms. The standard InChI is InChI=1S/C13H9N3S/c1-2-4-11(13-8-15-9-17-13)10(3-1)12-7-14-5-6-16-12/h1-9H. The van der Waals surface area contributed by atoms with Crippen molar-refractivity contribution >= 4 is 11.3 Å². The summed E-state index contributed by atoms with van der Waals surface area (Å²) in [6, 6.07) is 8.17. The van der Waals surface area contributed by atoms with Gasteiger partial charge in [0.25, 0.3) is 0 Å². The maximum Gasteiger partial charge on any atom is 0.0891 e. The van der Waals surface area contributed by atoms with E-state index in [1.165, 1.54) is 0 Å². The minimum absolute atomic E-state index is 0.886. The zero-order valence-corrected chi connectivity index (χ0v) is 9.76. The summed E-state index contributed by atoms with van der Waals surface area (Å²) < 4.78 is 0. The molecule has 2 aromatic heterocycles. The van der Waals surface area contributed by atoms with Gasteiger partial charge in [-0.2, -0.15) is 0 Å². The maximum absolute atomic E-state index is 4.34. The van der Waals surface area contributed by atoms with Crippen LogP contribution in [0.4, 0.5) is 0 Å². The zero-order chi connectivity index (χ0) is 11.5. The molecule has 82 valence electrons. The molecule has 3 rings (SSSR count). The highest BCUT2D eigenvalue weighted by molar-refractivity contribution is 7.13. The van der Waals surface area contributed by atoms with Crippen LogP contribution in [0.15, 0.2) is 54.6 Å². The second-order valence-electron chi connectivity index (χ2n) is 3.50. The number of hydrogen-bond donors (Lipinski definition) is 0. The lowest BCUT2D eigenvalue weighted by Gasteiger charge is -2.05. The van der Waals surface area contributed by atoms with Gasteiger partial charge in [-0.3, -0.25) is 15.0 Å². The number of nitrogens with zero attached hydrogens (tertiary/aromatic N) is 3. The van der Waals surface area contributed by atoms with E-state index >= 15 is 0 Å². The van der Waals surface area contributed by atoms with Gasteiger partial charge in [-0.25, -0.2) is 0 Å². The van der Waals surface area contributed by atoms with Crippen molar-refractivity contribution < 1.29 is 0 Å². The van der Waals surface area contributed by atoms with Gasteiger partial charge in [-0.05, 0) is 0 Å². The molecular formula is C13H9N3S. The Morgan fingerprint density at radius 1 is 0.882 bits per heavy atom. The Balaban J connectivity index is 2.18. The molecule has 17 heavy (non-hydrogen) atoms. The molecule has 0 radical (unpaired) electrons. The highest BCUT2D eigenvalue weighted by atomic mass is 32.1. The van der Waals surface area contributed by atoms with Gasteiger partial charge in [0.15, 0.2) is 0 Å². The predicted octanol–water partition coefficient (Wildman–Crippen LogP) is 3.27. The van der Waals surface area contributed by atoms with Crippen molar-refractivity contribution in [2.24, 2.45) is 0 Å². The van der Waals surface area contributed by atoms with Gasteiger partial charge in [-0.1, -0.05) is 24.3 Å². The molecule has 4 heteroatoms. The van der Waals surface area contributed by atoms with Crippen LogP contribution in [0.3, 0.4) is 0 Å². The fourth-order valence-corrected chi connectivity index (χ4v) is 2.37. The van der Waals surface area contributed by atoms with Crippen molar-refractivity contribution in [3.8, 4) is 21.7 Å². The van der Waals surface area contributed by atoms with E-state index < -0.39 is 0 Å². The van der Waals surface area contributed by atoms with Crippen molar-refractivity contribution in [1.29, 1.82) is 0 Å². The first kappa shape index (κ1) is 10.1. The molecule has 0 unspecified atom stereocenters. The van der Waals surface area contributed by atoms with Crippen LogP contribution in [0.1, 0.15) is 0 Å². The fourth-order valence-electron chi connectivity index (χ4n) is 1.71. The van der Waals surface area contributed by atoms with Gasteiger partial charge in [0.2, 0.25) is 0 Å². The average Bonchev–Trinajstić information content (AvgIpc) is 2.94. The van der Waals surface area contributed by atoms with E-state index in [0.29, 0.717) is 0 Å². The van der Waals surface area contributed by atoms with Crippen LogP contribution in [0.25, 0.3) is 21.7 Å². The highest BCUT2D eigenvalue weighted by Crippen LogP contribution is 2.32. The van der Waals surface area contributed by atoms with E-state index in [0.717, 1.165) is 21.7 Å². The molecule has 0 aliphatic rings.